The summed E-state index contributed by atoms with van der Waals surface area (Å²) in [5.74, 6) is -2.23. The van der Waals surface area contributed by atoms with Crippen molar-refractivity contribution in [2.24, 2.45) is 10.7 Å². The van der Waals surface area contributed by atoms with Gasteiger partial charge < -0.3 is 16.2 Å². The fourth-order valence-electron chi connectivity index (χ4n) is 0.472. The fourth-order valence-corrected chi connectivity index (χ4v) is 0.472. The number of carboxylic acid groups (broad SMARTS) is 1. The van der Waals surface area contributed by atoms with Crippen LogP contribution in [-0.4, -0.2) is 36.8 Å². The Bertz CT molecular complexity index is 229. The minimum atomic E-state index is -5.08. The van der Waals surface area contributed by atoms with Gasteiger partial charge in [-0.3, -0.25) is 4.99 Å². The molecule has 0 unspecified atom stereocenters. The molecule has 16 heavy (non-hydrogen) atoms. The predicted octanol–water partition coefficient (Wildman–Crippen LogP) is 0.954. The molecule has 0 saturated carbocycles. The van der Waals surface area contributed by atoms with Gasteiger partial charge in [0.2, 0.25) is 0 Å². The van der Waals surface area contributed by atoms with Crippen molar-refractivity contribution < 1.29 is 23.1 Å². The van der Waals surface area contributed by atoms with Gasteiger partial charge in [-0.1, -0.05) is 13.3 Å². The number of guanidine groups is 1. The van der Waals surface area contributed by atoms with Crippen LogP contribution < -0.4 is 11.1 Å². The Morgan fingerprint density at radius 2 is 1.94 bits per heavy atom. The molecule has 0 fully saturated rings. The molecule has 0 aromatic carbocycles. The Hall–Kier alpha value is -1.47. The number of hydrogen-bond acceptors (Lipinski definition) is 2. The Morgan fingerprint density at radius 1 is 1.50 bits per heavy atom. The van der Waals surface area contributed by atoms with Gasteiger partial charge in [-0.15, -0.1) is 0 Å². The van der Waals surface area contributed by atoms with Crippen molar-refractivity contribution in [2.45, 2.75) is 25.9 Å². The zero-order valence-electron chi connectivity index (χ0n) is 9.14. The first kappa shape index (κ1) is 16.9. The molecule has 0 spiro atoms. The fraction of sp³-hybridized carbons (Fsp3) is 0.750. The van der Waals surface area contributed by atoms with Crippen molar-refractivity contribution in [3.63, 3.8) is 0 Å². The van der Waals surface area contributed by atoms with Crippen LogP contribution in [0, 0.1) is 0 Å². The molecular weight excluding hydrogens is 227 g/mol. The third kappa shape index (κ3) is 12.5. The summed E-state index contributed by atoms with van der Waals surface area (Å²) in [6.07, 6.45) is -2.75. The van der Waals surface area contributed by atoms with Crippen molar-refractivity contribution in [3.8, 4) is 0 Å². The van der Waals surface area contributed by atoms with Gasteiger partial charge >= 0.3 is 12.1 Å². The van der Waals surface area contributed by atoms with E-state index in [0.29, 0.717) is 5.96 Å². The van der Waals surface area contributed by atoms with Crippen molar-refractivity contribution in [1.82, 2.24) is 5.32 Å². The van der Waals surface area contributed by atoms with Crippen LogP contribution in [0.5, 0.6) is 0 Å². The van der Waals surface area contributed by atoms with Gasteiger partial charge in [0.25, 0.3) is 0 Å². The van der Waals surface area contributed by atoms with E-state index in [1.54, 1.807) is 7.05 Å². The summed E-state index contributed by atoms with van der Waals surface area (Å²) in [5.41, 5.74) is 5.35. The van der Waals surface area contributed by atoms with Gasteiger partial charge in [-0.2, -0.15) is 13.2 Å². The summed E-state index contributed by atoms with van der Waals surface area (Å²) in [4.78, 5) is 12.6. The van der Waals surface area contributed by atoms with Crippen LogP contribution in [0.3, 0.4) is 0 Å². The third-order valence-electron chi connectivity index (χ3n) is 1.32. The lowest BCUT2D eigenvalue weighted by Gasteiger charge is -2.01. The van der Waals surface area contributed by atoms with E-state index in [-0.39, 0.29) is 0 Å². The molecule has 0 rings (SSSR count). The molecule has 0 aliphatic carbocycles. The summed E-state index contributed by atoms with van der Waals surface area (Å²) < 4.78 is 31.7. The Balaban J connectivity index is 0. The number of rotatable bonds is 3. The SMILES string of the molecule is CCCCNC(N)=NC.O=C(O)C(F)(F)F. The zero-order chi connectivity index (χ0) is 13.2. The molecule has 5 nitrogen and oxygen atoms in total. The van der Waals surface area contributed by atoms with Gasteiger partial charge in [0, 0.05) is 13.6 Å². The molecule has 0 saturated heterocycles. The second-order valence-corrected chi connectivity index (χ2v) is 2.69. The van der Waals surface area contributed by atoms with Crippen LogP contribution in [0.2, 0.25) is 0 Å². The highest BCUT2D eigenvalue weighted by Gasteiger charge is 2.38. The number of halogens is 3. The number of aliphatic imine (C=N–C) groups is 1. The highest BCUT2D eigenvalue weighted by Crippen LogP contribution is 2.13. The average molecular weight is 243 g/mol. The number of carbonyl (C=O) groups is 1. The van der Waals surface area contributed by atoms with E-state index in [1.165, 1.54) is 6.42 Å². The standard InChI is InChI=1S/C6H15N3.C2HF3O2/c1-3-4-5-9-6(7)8-2;3-2(4,5)1(6)7/h3-5H2,1-2H3,(H3,7,8,9);(H,6,7). The third-order valence-corrected chi connectivity index (χ3v) is 1.32. The number of carboxylic acids is 1. The number of nitrogens with two attached hydrogens (primary N) is 1. The number of nitrogens with one attached hydrogen (secondary N) is 1. The summed E-state index contributed by atoms with van der Waals surface area (Å²) >= 11 is 0. The lowest BCUT2D eigenvalue weighted by Crippen LogP contribution is -2.31. The highest BCUT2D eigenvalue weighted by molar-refractivity contribution is 5.77. The van der Waals surface area contributed by atoms with Crippen molar-refractivity contribution >= 4 is 11.9 Å². The summed E-state index contributed by atoms with van der Waals surface area (Å²) in [5, 5.41) is 10.1. The Kier molecular flexibility index (Phi) is 9.33. The van der Waals surface area contributed by atoms with Crippen molar-refractivity contribution in [2.75, 3.05) is 13.6 Å². The van der Waals surface area contributed by atoms with Crippen LogP contribution in [0.15, 0.2) is 4.99 Å². The number of unbranched alkanes of at least 4 members (excludes halogenated alkanes) is 1. The number of aliphatic carboxylic acids is 1. The zero-order valence-corrected chi connectivity index (χ0v) is 9.14. The van der Waals surface area contributed by atoms with Crippen LogP contribution >= 0.6 is 0 Å². The first-order chi connectivity index (χ1) is 7.25. The van der Waals surface area contributed by atoms with E-state index >= 15 is 0 Å². The lowest BCUT2D eigenvalue weighted by atomic mass is 10.3. The van der Waals surface area contributed by atoms with E-state index in [4.69, 9.17) is 15.6 Å². The molecule has 0 atom stereocenters. The van der Waals surface area contributed by atoms with E-state index in [1.807, 2.05) is 0 Å². The largest absolute Gasteiger partial charge is 0.490 e. The molecule has 0 aliphatic heterocycles. The maximum Gasteiger partial charge on any atom is 0.490 e. The lowest BCUT2D eigenvalue weighted by molar-refractivity contribution is -0.192. The second kappa shape index (κ2) is 8.81. The Morgan fingerprint density at radius 3 is 2.19 bits per heavy atom. The maximum atomic E-state index is 10.6. The summed E-state index contributed by atoms with van der Waals surface area (Å²) in [6.45, 7) is 3.07. The molecule has 8 heteroatoms. The number of alkyl halides is 3. The first-order valence-corrected chi connectivity index (χ1v) is 4.51. The second-order valence-electron chi connectivity index (χ2n) is 2.69. The summed E-state index contributed by atoms with van der Waals surface area (Å²) in [7, 11) is 1.67. The van der Waals surface area contributed by atoms with Gasteiger partial charge in [0.15, 0.2) is 5.96 Å². The molecule has 0 bridgehead atoms. The smallest absolute Gasteiger partial charge is 0.475 e. The molecule has 0 heterocycles. The van der Waals surface area contributed by atoms with Gasteiger partial charge in [-0.05, 0) is 6.42 Å². The first-order valence-electron chi connectivity index (χ1n) is 4.51. The predicted molar refractivity (Wildman–Crippen MR) is 54.1 cm³/mol. The molecule has 0 aliphatic rings. The van der Waals surface area contributed by atoms with E-state index in [0.717, 1.165) is 13.0 Å². The summed E-state index contributed by atoms with van der Waals surface area (Å²) in [6, 6.07) is 0. The van der Waals surface area contributed by atoms with E-state index < -0.39 is 12.1 Å². The average Bonchev–Trinajstić information content (AvgIpc) is 2.17. The van der Waals surface area contributed by atoms with Gasteiger partial charge in [0.1, 0.15) is 0 Å². The van der Waals surface area contributed by atoms with Gasteiger partial charge in [-0.25, -0.2) is 4.79 Å². The molecule has 96 valence electrons. The molecular formula is C8H16F3N3O2. The van der Waals surface area contributed by atoms with Crippen molar-refractivity contribution in [3.05, 3.63) is 0 Å². The monoisotopic (exact) mass is 243 g/mol. The van der Waals surface area contributed by atoms with Gasteiger partial charge in [0.05, 0.1) is 0 Å². The number of hydrogen-bond donors (Lipinski definition) is 3. The number of nitrogens with zero attached hydrogens (tertiary/aromatic N) is 1. The van der Waals surface area contributed by atoms with Crippen LogP contribution in [0.1, 0.15) is 19.8 Å². The molecule has 0 radical (unpaired) electrons. The van der Waals surface area contributed by atoms with Crippen LogP contribution in [0.25, 0.3) is 0 Å². The Labute approximate surface area is 91.5 Å². The molecule has 4 N–H and O–H groups in total. The van der Waals surface area contributed by atoms with E-state index in [9.17, 15) is 13.2 Å². The highest BCUT2D eigenvalue weighted by atomic mass is 19.4. The normalized spacial score (nSPS) is 11.4. The molecule has 0 aromatic rings. The minimum Gasteiger partial charge on any atom is -0.475 e. The van der Waals surface area contributed by atoms with E-state index in [2.05, 4.69) is 17.2 Å². The van der Waals surface area contributed by atoms with Crippen LogP contribution in [-0.2, 0) is 4.79 Å². The topological polar surface area (TPSA) is 87.7 Å². The van der Waals surface area contributed by atoms with Crippen LogP contribution in [0.4, 0.5) is 13.2 Å². The minimum absolute atomic E-state index is 0.531. The molecule has 0 aromatic heterocycles. The maximum absolute atomic E-state index is 10.6. The quantitative estimate of drug-likeness (QED) is 0.391. The molecule has 0 amide bonds. The van der Waals surface area contributed by atoms with Crippen molar-refractivity contribution in [1.29, 1.82) is 0 Å².